The van der Waals surface area contributed by atoms with Crippen molar-refractivity contribution in [1.82, 2.24) is 10.1 Å². The minimum atomic E-state index is 0.484. The van der Waals surface area contributed by atoms with E-state index in [2.05, 4.69) is 42.3 Å². The van der Waals surface area contributed by atoms with Crippen molar-refractivity contribution in [2.45, 2.75) is 52.6 Å². The van der Waals surface area contributed by atoms with Crippen LogP contribution in [0.4, 0.5) is 0 Å². The molecule has 0 saturated carbocycles. The fourth-order valence-electron chi connectivity index (χ4n) is 3.20. The first-order valence-electron chi connectivity index (χ1n) is 7.42. The Morgan fingerprint density at radius 2 is 2.30 bits per heavy atom. The van der Waals surface area contributed by atoms with E-state index in [4.69, 9.17) is 4.52 Å². The number of aromatic nitrogens is 1. The lowest BCUT2D eigenvalue weighted by atomic mass is 10.0. The average molecular weight is 290 g/mol. The maximum absolute atomic E-state index is 5.49. The van der Waals surface area contributed by atoms with Gasteiger partial charge in [-0.15, -0.1) is 11.3 Å². The van der Waals surface area contributed by atoms with Gasteiger partial charge in [0.2, 0.25) is 0 Å². The molecule has 4 heteroatoms. The summed E-state index contributed by atoms with van der Waals surface area (Å²) in [5.41, 5.74) is 3.83. The monoisotopic (exact) mass is 290 g/mol. The van der Waals surface area contributed by atoms with Crippen LogP contribution in [-0.4, -0.2) is 16.6 Å². The first-order chi connectivity index (χ1) is 9.70. The second kappa shape index (κ2) is 5.70. The number of thiophene rings is 1. The Balaban J connectivity index is 1.85. The van der Waals surface area contributed by atoms with Crippen LogP contribution in [0.15, 0.2) is 16.0 Å². The first-order valence-corrected chi connectivity index (χ1v) is 8.30. The van der Waals surface area contributed by atoms with Crippen molar-refractivity contribution in [2.24, 2.45) is 0 Å². The molecule has 1 saturated heterocycles. The molecular formula is C16H22N2OS. The summed E-state index contributed by atoms with van der Waals surface area (Å²) in [5.74, 6) is 1.07. The van der Waals surface area contributed by atoms with E-state index in [-0.39, 0.29) is 0 Å². The zero-order valence-electron chi connectivity index (χ0n) is 12.5. The second-order valence-corrected chi connectivity index (χ2v) is 6.61. The lowest BCUT2D eigenvalue weighted by Gasteiger charge is -2.24. The van der Waals surface area contributed by atoms with Gasteiger partial charge in [0, 0.05) is 29.4 Å². The van der Waals surface area contributed by atoms with Gasteiger partial charge in [0.25, 0.3) is 0 Å². The van der Waals surface area contributed by atoms with E-state index in [1.165, 1.54) is 35.4 Å². The molecule has 0 aliphatic carbocycles. The summed E-state index contributed by atoms with van der Waals surface area (Å²) >= 11 is 1.87. The third kappa shape index (κ3) is 2.42. The van der Waals surface area contributed by atoms with Gasteiger partial charge in [-0.05, 0) is 50.2 Å². The minimum absolute atomic E-state index is 0.484. The van der Waals surface area contributed by atoms with Gasteiger partial charge in [0.15, 0.2) is 0 Å². The minimum Gasteiger partial charge on any atom is -0.361 e. The van der Waals surface area contributed by atoms with E-state index in [0.29, 0.717) is 6.04 Å². The van der Waals surface area contributed by atoms with Crippen LogP contribution in [-0.2, 0) is 13.0 Å². The molecule has 0 amide bonds. The molecule has 1 aliphatic heterocycles. The number of likely N-dealkylation sites (tertiary alicyclic amines) is 1. The Bertz CT molecular complexity index is 587. The van der Waals surface area contributed by atoms with Gasteiger partial charge >= 0.3 is 0 Å². The van der Waals surface area contributed by atoms with Crippen molar-refractivity contribution in [1.29, 1.82) is 0 Å². The largest absolute Gasteiger partial charge is 0.361 e. The molecule has 3 nitrogen and oxygen atoms in total. The van der Waals surface area contributed by atoms with Crippen LogP contribution in [0.1, 0.15) is 53.3 Å². The topological polar surface area (TPSA) is 29.3 Å². The third-order valence-electron chi connectivity index (χ3n) is 4.32. The van der Waals surface area contributed by atoms with Crippen LogP contribution in [0.25, 0.3) is 0 Å². The zero-order valence-corrected chi connectivity index (χ0v) is 13.3. The SMILES string of the molecule is CCc1onc(C)c1[C@@H]1CCCN1Cc1sccc1C. The fraction of sp³-hybridized carbons (Fsp3) is 0.562. The van der Waals surface area contributed by atoms with Crippen molar-refractivity contribution in [3.05, 3.63) is 38.9 Å². The molecule has 1 atom stereocenters. The van der Waals surface area contributed by atoms with E-state index in [1.807, 2.05) is 11.3 Å². The van der Waals surface area contributed by atoms with E-state index < -0.39 is 0 Å². The standard InChI is InChI=1S/C16H22N2OS/c1-4-14-16(12(3)17-19-14)13-6-5-8-18(13)10-15-11(2)7-9-20-15/h7,9,13H,4-6,8,10H2,1-3H3/t13-/m0/s1. The van der Waals surface area contributed by atoms with Crippen molar-refractivity contribution in [3.8, 4) is 0 Å². The Kier molecular flexibility index (Phi) is 3.94. The molecule has 0 unspecified atom stereocenters. The lowest BCUT2D eigenvalue weighted by Crippen LogP contribution is -2.23. The van der Waals surface area contributed by atoms with Crippen LogP contribution in [0.5, 0.6) is 0 Å². The summed E-state index contributed by atoms with van der Waals surface area (Å²) in [7, 11) is 0. The van der Waals surface area contributed by atoms with Crippen LogP contribution in [0.3, 0.4) is 0 Å². The normalized spacial score (nSPS) is 19.9. The number of aryl methyl sites for hydroxylation is 3. The van der Waals surface area contributed by atoms with Crippen LogP contribution in [0.2, 0.25) is 0 Å². The molecule has 0 N–H and O–H groups in total. The summed E-state index contributed by atoms with van der Waals surface area (Å²) in [6.45, 7) is 8.66. The number of hydrogen-bond donors (Lipinski definition) is 0. The van der Waals surface area contributed by atoms with Gasteiger partial charge in [0.1, 0.15) is 5.76 Å². The molecule has 0 radical (unpaired) electrons. The maximum Gasteiger partial charge on any atom is 0.141 e. The molecule has 0 bridgehead atoms. The van der Waals surface area contributed by atoms with Crippen LogP contribution in [0, 0.1) is 13.8 Å². The molecule has 20 heavy (non-hydrogen) atoms. The highest BCUT2D eigenvalue weighted by atomic mass is 32.1. The highest BCUT2D eigenvalue weighted by molar-refractivity contribution is 7.10. The third-order valence-corrected chi connectivity index (χ3v) is 5.32. The smallest absolute Gasteiger partial charge is 0.141 e. The average Bonchev–Trinajstić information content (AvgIpc) is 3.12. The Morgan fingerprint density at radius 1 is 1.45 bits per heavy atom. The Hall–Kier alpha value is -1.13. The van der Waals surface area contributed by atoms with E-state index in [1.54, 1.807) is 0 Å². The number of hydrogen-bond acceptors (Lipinski definition) is 4. The Morgan fingerprint density at radius 3 is 3.00 bits per heavy atom. The summed E-state index contributed by atoms with van der Waals surface area (Å²) in [6.07, 6.45) is 3.42. The second-order valence-electron chi connectivity index (χ2n) is 5.61. The molecule has 1 fully saturated rings. The molecular weight excluding hydrogens is 268 g/mol. The highest BCUT2D eigenvalue weighted by Crippen LogP contribution is 2.37. The van der Waals surface area contributed by atoms with Crippen molar-refractivity contribution < 1.29 is 4.52 Å². The van der Waals surface area contributed by atoms with Gasteiger partial charge in [-0.3, -0.25) is 4.90 Å². The number of nitrogens with zero attached hydrogens (tertiary/aromatic N) is 2. The molecule has 108 valence electrons. The lowest BCUT2D eigenvalue weighted by molar-refractivity contribution is 0.246. The molecule has 0 aromatic carbocycles. The van der Waals surface area contributed by atoms with Crippen LogP contribution >= 0.6 is 11.3 Å². The summed E-state index contributed by atoms with van der Waals surface area (Å²) in [5, 5.41) is 6.37. The van der Waals surface area contributed by atoms with Crippen LogP contribution < -0.4 is 0 Å². The molecule has 1 aliphatic rings. The maximum atomic E-state index is 5.49. The van der Waals surface area contributed by atoms with Crippen molar-refractivity contribution >= 4 is 11.3 Å². The van der Waals surface area contributed by atoms with Gasteiger partial charge in [-0.1, -0.05) is 12.1 Å². The molecule has 2 aromatic heterocycles. The summed E-state index contributed by atoms with van der Waals surface area (Å²) < 4.78 is 5.49. The predicted octanol–water partition coefficient (Wildman–Crippen LogP) is 4.25. The van der Waals surface area contributed by atoms with Crippen molar-refractivity contribution in [3.63, 3.8) is 0 Å². The summed E-state index contributed by atoms with van der Waals surface area (Å²) in [4.78, 5) is 4.08. The number of rotatable bonds is 4. The van der Waals surface area contributed by atoms with Gasteiger partial charge < -0.3 is 4.52 Å². The van der Waals surface area contributed by atoms with Crippen molar-refractivity contribution in [2.75, 3.05) is 6.54 Å². The van der Waals surface area contributed by atoms with Gasteiger partial charge in [0.05, 0.1) is 5.69 Å². The fourth-order valence-corrected chi connectivity index (χ4v) is 4.13. The van der Waals surface area contributed by atoms with Gasteiger partial charge in [-0.2, -0.15) is 0 Å². The van der Waals surface area contributed by atoms with E-state index in [9.17, 15) is 0 Å². The quantitative estimate of drug-likeness (QED) is 0.843. The highest BCUT2D eigenvalue weighted by Gasteiger charge is 2.31. The molecule has 3 heterocycles. The van der Waals surface area contributed by atoms with E-state index in [0.717, 1.165) is 24.4 Å². The van der Waals surface area contributed by atoms with E-state index >= 15 is 0 Å². The molecule has 0 spiro atoms. The Labute approximate surface area is 124 Å². The molecule has 3 rings (SSSR count). The molecule has 2 aromatic rings. The predicted molar refractivity (Wildman–Crippen MR) is 82.1 cm³/mol. The summed E-state index contributed by atoms with van der Waals surface area (Å²) in [6, 6.07) is 2.70. The van der Waals surface area contributed by atoms with Gasteiger partial charge in [-0.25, -0.2) is 0 Å². The zero-order chi connectivity index (χ0) is 14.1. The first kappa shape index (κ1) is 13.8.